The van der Waals surface area contributed by atoms with E-state index in [2.05, 4.69) is 22.3 Å². The summed E-state index contributed by atoms with van der Waals surface area (Å²) in [6, 6.07) is 17.2. The Morgan fingerprint density at radius 3 is 2.73 bits per heavy atom. The van der Waals surface area contributed by atoms with Crippen molar-refractivity contribution in [2.45, 2.75) is 6.10 Å². The minimum atomic E-state index is -0.132. The normalized spacial score (nSPS) is 17.7. The van der Waals surface area contributed by atoms with Crippen molar-refractivity contribution < 1.29 is 14.3 Å². The number of ether oxygens (including phenoxy) is 2. The summed E-state index contributed by atoms with van der Waals surface area (Å²) >= 11 is 5.82. The molecular weight excluding hydrogens is 352 g/mol. The van der Waals surface area contributed by atoms with Gasteiger partial charge in [-0.1, -0.05) is 41.9 Å². The number of morpholine rings is 1. The van der Waals surface area contributed by atoms with E-state index in [1.54, 1.807) is 24.3 Å². The lowest BCUT2D eigenvalue weighted by Gasteiger charge is -2.33. The van der Waals surface area contributed by atoms with E-state index in [1.165, 1.54) is 5.56 Å². The van der Waals surface area contributed by atoms with Crippen molar-refractivity contribution in [1.82, 2.24) is 10.2 Å². The Balaban J connectivity index is 1.36. The highest BCUT2D eigenvalue weighted by Gasteiger charge is 2.21. The molecule has 1 aliphatic heterocycles. The number of carbonyl (C=O) groups is 1. The number of amides is 1. The molecule has 2 aromatic rings. The Hall–Kier alpha value is -2.08. The second kappa shape index (κ2) is 9.57. The van der Waals surface area contributed by atoms with E-state index in [1.807, 2.05) is 18.2 Å². The topological polar surface area (TPSA) is 50.8 Å². The maximum Gasteiger partial charge on any atom is 0.257 e. The first kappa shape index (κ1) is 18.7. The van der Waals surface area contributed by atoms with Crippen LogP contribution in [-0.4, -0.2) is 50.2 Å². The molecule has 1 aliphatic rings. The predicted octanol–water partition coefficient (Wildman–Crippen LogP) is 2.91. The van der Waals surface area contributed by atoms with Gasteiger partial charge in [0.15, 0.2) is 6.61 Å². The highest BCUT2D eigenvalue weighted by molar-refractivity contribution is 6.30. The smallest absolute Gasteiger partial charge is 0.257 e. The van der Waals surface area contributed by atoms with Crippen LogP contribution in [0.3, 0.4) is 0 Å². The highest BCUT2D eigenvalue weighted by atomic mass is 35.5. The molecule has 0 bridgehead atoms. The zero-order chi connectivity index (χ0) is 18.2. The van der Waals surface area contributed by atoms with E-state index < -0.39 is 0 Å². The Bertz CT molecular complexity index is 694. The van der Waals surface area contributed by atoms with Crippen molar-refractivity contribution in [3.8, 4) is 5.75 Å². The molecule has 2 aromatic carbocycles. The van der Waals surface area contributed by atoms with Gasteiger partial charge in [-0.2, -0.15) is 0 Å². The fourth-order valence-corrected chi connectivity index (χ4v) is 2.99. The van der Waals surface area contributed by atoms with Crippen LogP contribution in [0.4, 0.5) is 0 Å². The lowest BCUT2D eigenvalue weighted by Crippen LogP contribution is -2.43. The maximum atomic E-state index is 11.9. The first-order valence-corrected chi connectivity index (χ1v) is 9.12. The van der Waals surface area contributed by atoms with Gasteiger partial charge < -0.3 is 14.8 Å². The van der Waals surface area contributed by atoms with Crippen molar-refractivity contribution in [1.29, 1.82) is 0 Å². The molecule has 1 heterocycles. The SMILES string of the molecule is O=C(COc1ccc(Cl)cc1)NCCN1CCOC(c2ccccc2)C1. The number of nitrogens with one attached hydrogen (secondary N) is 1. The molecule has 1 amide bonds. The summed E-state index contributed by atoms with van der Waals surface area (Å²) < 4.78 is 11.3. The van der Waals surface area contributed by atoms with Crippen LogP contribution < -0.4 is 10.1 Å². The van der Waals surface area contributed by atoms with E-state index in [0.717, 1.165) is 19.6 Å². The van der Waals surface area contributed by atoms with Crippen LogP contribution in [0.5, 0.6) is 5.75 Å². The van der Waals surface area contributed by atoms with Gasteiger partial charge in [-0.15, -0.1) is 0 Å². The van der Waals surface area contributed by atoms with Gasteiger partial charge in [0.25, 0.3) is 5.91 Å². The first-order chi connectivity index (χ1) is 12.7. The van der Waals surface area contributed by atoms with Gasteiger partial charge in [-0.3, -0.25) is 9.69 Å². The molecule has 1 N–H and O–H groups in total. The average molecular weight is 375 g/mol. The standard InChI is InChI=1S/C20H23ClN2O3/c21-17-6-8-18(9-7-17)26-15-20(24)22-10-11-23-12-13-25-19(14-23)16-4-2-1-3-5-16/h1-9,19H,10-15H2,(H,22,24). The molecule has 0 saturated carbocycles. The minimum absolute atomic E-state index is 0.00260. The highest BCUT2D eigenvalue weighted by Crippen LogP contribution is 2.21. The fourth-order valence-electron chi connectivity index (χ4n) is 2.86. The minimum Gasteiger partial charge on any atom is -0.484 e. The van der Waals surface area contributed by atoms with Gasteiger partial charge in [0.2, 0.25) is 0 Å². The number of benzene rings is 2. The van der Waals surface area contributed by atoms with Gasteiger partial charge >= 0.3 is 0 Å². The maximum absolute atomic E-state index is 11.9. The molecule has 0 spiro atoms. The summed E-state index contributed by atoms with van der Waals surface area (Å²) in [5.74, 6) is 0.497. The van der Waals surface area contributed by atoms with Crippen LogP contribution in [0.25, 0.3) is 0 Å². The molecule has 0 radical (unpaired) electrons. The molecule has 5 nitrogen and oxygen atoms in total. The summed E-state index contributed by atoms with van der Waals surface area (Å²) in [6.45, 7) is 3.79. The van der Waals surface area contributed by atoms with Gasteiger partial charge in [-0.05, 0) is 29.8 Å². The fraction of sp³-hybridized carbons (Fsp3) is 0.350. The lowest BCUT2D eigenvalue weighted by atomic mass is 10.1. The Labute approximate surface area is 158 Å². The Kier molecular flexibility index (Phi) is 6.89. The summed E-state index contributed by atoms with van der Waals surface area (Å²) in [7, 11) is 0. The molecule has 1 unspecified atom stereocenters. The Morgan fingerprint density at radius 1 is 1.19 bits per heavy atom. The van der Waals surface area contributed by atoms with Crippen molar-refractivity contribution in [2.24, 2.45) is 0 Å². The van der Waals surface area contributed by atoms with Crippen LogP contribution in [0.1, 0.15) is 11.7 Å². The number of carbonyl (C=O) groups excluding carboxylic acids is 1. The largest absolute Gasteiger partial charge is 0.484 e. The third-order valence-corrected chi connectivity index (χ3v) is 4.51. The lowest BCUT2D eigenvalue weighted by molar-refractivity contribution is -0.123. The first-order valence-electron chi connectivity index (χ1n) is 8.75. The van der Waals surface area contributed by atoms with Gasteiger partial charge in [0.1, 0.15) is 5.75 Å². The predicted molar refractivity (Wildman–Crippen MR) is 102 cm³/mol. The molecule has 6 heteroatoms. The summed E-state index contributed by atoms with van der Waals surface area (Å²) in [5.41, 5.74) is 1.19. The van der Waals surface area contributed by atoms with Gasteiger partial charge in [-0.25, -0.2) is 0 Å². The third-order valence-electron chi connectivity index (χ3n) is 4.26. The Morgan fingerprint density at radius 2 is 1.96 bits per heavy atom. The quantitative estimate of drug-likeness (QED) is 0.809. The summed E-state index contributed by atoms with van der Waals surface area (Å²) in [6.07, 6.45) is 0.0916. The van der Waals surface area contributed by atoms with Crippen molar-refractivity contribution in [3.63, 3.8) is 0 Å². The monoisotopic (exact) mass is 374 g/mol. The zero-order valence-corrected chi connectivity index (χ0v) is 15.3. The van der Waals surface area contributed by atoms with Crippen LogP contribution in [0.2, 0.25) is 5.02 Å². The molecule has 1 atom stereocenters. The number of hydrogen-bond donors (Lipinski definition) is 1. The van der Waals surface area contributed by atoms with E-state index >= 15 is 0 Å². The zero-order valence-electron chi connectivity index (χ0n) is 14.6. The van der Waals surface area contributed by atoms with Crippen LogP contribution in [0, 0.1) is 0 Å². The number of halogens is 1. The molecule has 0 aliphatic carbocycles. The molecular formula is C20H23ClN2O3. The van der Waals surface area contributed by atoms with Crippen molar-refractivity contribution in [2.75, 3.05) is 39.4 Å². The van der Waals surface area contributed by atoms with Crippen molar-refractivity contribution in [3.05, 3.63) is 65.2 Å². The molecule has 1 fully saturated rings. The molecule has 138 valence electrons. The average Bonchev–Trinajstić information content (AvgIpc) is 2.68. The molecule has 1 saturated heterocycles. The van der Waals surface area contributed by atoms with E-state index in [4.69, 9.17) is 21.1 Å². The summed E-state index contributed by atoms with van der Waals surface area (Å²) in [5, 5.41) is 3.53. The number of rotatable bonds is 7. The van der Waals surface area contributed by atoms with Crippen LogP contribution >= 0.6 is 11.6 Å². The van der Waals surface area contributed by atoms with Gasteiger partial charge in [0.05, 0.1) is 12.7 Å². The van der Waals surface area contributed by atoms with Crippen LogP contribution in [0.15, 0.2) is 54.6 Å². The summed E-state index contributed by atoms with van der Waals surface area (Å²) in [4.78, 5) is 14.2. The molecule has 26 heavy (non-hydrogen) atoms. The third kappa shape index (κ3) is 5.73. The number of hydrogen-bond acceptors (Lipinski definition) is 4. The van der Waals surface area contributed by atoms with Gasteiger partial charge in [0, 0.05) is 31.2 Å². The van der Waals surface area contributed by atoms with E-state index in [0.29, 0.717) is 23.9 Å². The number of nitrogens with zero attached hydrogens (tertiary/aromatic N) is 1. The van der Waals surface area contributed by atoms with Crippen LogP contribution in [-0.2, 0) is 9.53 Å². The molecule has 0 aromatic heterocycles. The second-order valence-corrected chi connectivity index (χ2v) is 6.60. The second-order valence-electron chi connectivity index (χ2n) is 6.16. The van der Waals surface area contributed by atoms with Crippen molar-refractivity contribution >= 4 is 17.5 Å². The molecule has 3 rings (SSSR count). The van der Waals surface area contributed by atoms with E-state index in [-0.39, 0.29) is 18.6 Å². The van der Waals surface area contributed by atoms with E-state index in [9.17, 15) is 4.79 Å².